The number of carbonyl (C=O) groups is 1. The van der Waals surface area contributed by atoms with E-state index in [9.17, 15) is 9.90 Å². The monoisotopic (exact) mass is 502 g/mol. The van der Waals surface area contributed by atoms with E-state index >= 15 is 0 Å². The van der Waals surface area contributed by atoms with Crippen LogP contribution in [0.2, 0.25) is 0 Å². The Morgan fingerprint density at radius 3 is 2.65 bits per heavy atom. The highest BCUT2D eigenvalue weighted by atomic mass is 16.3. The SMILES string of the molecule is CC(C)(O)c1cc2nn(C3CCC(N4CCNCC4)CC3)cc2cc1NC(=O)c1cnn2cccnc12. The number of anilines is 1. The number of hydrogen-bond acceptors (Lipinski definition) is 7. The molecule has 37 heavy (non-hydrogen) atoms. The number of hydrogen-bond donors (Lipinski definition) is 3. The summed E-state index contributed by atoms with van der Waals surface area (Å²) in [6.45, 7) is 7.88. The van der Waals surface area contributed by atoms with Crippen molar-refractivity contribution in [3.8, 4) is 0 Å². The summed E-state index contributed by atoms with van der Waals surface area (Å²) in [4.78, 5) is 20.1. The van der Waals surface area contributed by atoms with E-state index in [-0.39, 0.29) is 5.91 Å². The number of fused-ring (bicyclic) bond motifs is 2. The van der Waals surface area contributed by atoms with Crippen LogP contribution in [0, 0.1) is 0 Å². The van der Waals surface area contributed by atoms with Crippen LogP contribution in [-0.2, 0) is 5.60 Å². The summed E-state index contributed by atoms with van der Waals surface area (Å²) in [6, 6.07) is 6.59. The maximum absolute atomic E-state index is 13.2. The molecule has 6 rings (SSSR count). The zero-order valence-electron chi connectivity index (χ0n) is 21.4. The zero-order valence-corrected chi connectivity index (χ0v) is 21.4. The summed E-state index contributed by atoms with van der Waals surface area (Å²) in [7, 11) is 0. The number of nitrogens with zero attached hydrogens (tertiary/aromatic N) is 6. The maximum Gasteiger partial charge on any atom is 0.261 e. The quantitative estimate of drug-likeness (QED) is 0.385. The number of benzene rings is 1. The van der Waals surface area contributed by atoms with Crippen molar-refractivity contribution in [3.63, 3.8) is 0 Å². The van der Waals surface area contributed by atoms with Gasteiger partial charge in [0, 0.05) is 67.4 Å². The van der Waals surface area contributed by atoms with E-state index in [1.807, 2.05) is 12.1 Å². The van der Waals surface area contributed by atoms with Gasteiger partial charge in [-0.1, -0.05) is 0 Å². The number of rotatable bonds is 5. The minimum Gasteiger partial charge on any atom is -0.386 e. The highest BCUT2D eigenvalue weighted by Crippen LogP contribution is 2.35. The van der Waals surface area contributed by atoms with Crippen LogP contribution in [0.15, 0.2) is 43.0 Å². The Morgan fingerprint density at radius 1 is 1.14 bits per heavy atom. The molecule has 0 atom stereocenters. The molecule has 1 aliphatic heterocycles. The summed E-state index contributed by atoms with van der Waals surface area (Å²) >= 11 is 0. The molecule has 4 aromatic rings. The lowest BCUT2D eigenvalue weighted by Gasteiger charge is -2.39. The number of aromatic nitrogens is 5. The topological polar surface area (TPSA) is 113 Å². The first-order valence-corrected chi connectivity index (χ1v) is 13.2. The minimum absolute atomic E-state index is 0.322. The molecule has 2 aliphatic rings. The fourth-order valence-corrected chi connectivity index (χ4v) is 5.80. The summed E-state index contributed by atoms with van der Waals surface area (Å²) in [6.07, 6.45) is 11.5. The molecule has 2 fully saturated rings. The average molecular weight is 503 g/mol. The Morgan fingerprint density at radius 2 is 1.89 bits per heavy atom. The van der Waals surface area contributed by atoms with Crippen LogP contribution >= 0.6 is 0 Å². The van der Waals surface area contributed by atoms with E-state index in [1.54, 1.807) is 36.8 Å². The molecule has 4 heterocycles. The molecule has 10 nitrogen and oxygen atoms in total. The third-order valence-electron chi connectivity index (χ3n) is 7.80. The first-order chi connectivity index (χ1) is 17.9. The van der Waals surface area contributed by atoms with Crippen LogP contribution in [0.1, 0.15) is 61.5 Å². The Labute approximate surface area is 215 Å². The van der Waals surface area contributed by atoms with Gasteiger partial charge in [0.05, 0.1) is 23.4 Å². The molecule has 194 valence electrons. The third-order valence-corrected chi connectivity index (χ3v) is 7.80. The van der Waals surface area contributed by atoms with Gasteiger partial charge < -0.3 is 15.7 Å². The second-order valence-corrected chi connectivity index (χ2v) is 10.8. The molecular weight excluding hydrogens is 468 g/mol. The van der Waals surface area contributed by atoms with Gasteiger partial charge in [0.15, 0.2) is 5.65 Å². The normalized spacial score (nSPS) is 21.5. The summed E-state index contributed by atoms with van der Waals surface area (Å²) in [5, 5.41) is 27.4. The highest BCUT2D eigenvalue weighted by molar-refractivity contribution is 6.09. The van der Waals surface area contributed by atoms with Crippen molar-refractivity contribution in [1.82, 2.24) is 34.6 Å². The lowest BCUT2D eigenvalue weighted by Crippen LogP contribution is -2.49. The van der Waals surface area contributed by atoms with Gasteiger partial charge in [-0.25, -0.2) is 9.50 Å². The summed E-state index contributed by atoms with van der Waals surface area (Å²) in [5.74, 6) is -0.322. The summed E-state index contributed by atoms with van der Waals surface area (Å²) < 4.78 is 3.66. The molecule has 1 saturated carbocycles. The van der Waals surface area contributed by atoms with Gasteiger partial charge in [0.25, 0.3) is 5.91 Å². The first kappa shape index (κ1) is 24.0. The van der Waals surface area contributed by atoms with E-state index in [4.69, 9.17) is 5.10 Å². The zero-order chi connectivity index (χ0) is 25.6. The van der Waals surface area contributed by atoms with Gasteiger partial charge in [0.1, 0.15) is 5.56 Å². The molecule has 1 saturated heterocycles. The highest BCUT2D eigenvalue weighted by Gasteiger charge is 2.29. The van der Waals surface area contributed by atoms with Gasteiger partial charge in [-0.05, 0) is 57.7 Å². The molecule has 0 unspecified atom stereocenters. The molecule has 1 amide bonds. The van der Waals surface area contributed by atoms with Gasteiger partial charge in [0.2, 0.25) is 0 Å². The largest absolute Gasteiger partial charge is 0.386 e. The predicted octanol–water partition coefficient (Wildman–Crippen LogP) is 2.95. The second kappa shape index (κ2) is 9.51. The van der Waals surface area contributed by atoms with Crippen LogP contribution in [0.25, 0.3) is 16.6 Å². The van der Waals surface area contributed by atoms with Crippen molar-refractivity contribution in [2.24, 2.45) is 0 Å². The average Bonchev–Trinajstić information content (AvgIpc) is 3.52. The molecule has 1 aromatic carbocycles. The smallest absolute Gasteiger partial charge is 0.261 e. The van der Waals surface area contributed by atoms with Crippen LogP contribution in [-0.4, -0.2) is 72.5 Å². The van der Waals surface area contributed by atoms with Crippen molar-refractivity contribution in [2.45, 2.75) is 57.2 Å². The number of piperazine rings is 1. The number of amides is 1. The van der Waals surface area contributed by atoms with Crippen molar-refractivity contribution in [1.29, 1.82) is 0 Å². The standard InChI is InChI=1S/C27H34N8O2/c1-27(2,37)22-15-23-18(14-24(22)31-26(36)21-16-30-34-11-3-8-29-25(21)34)17-35(32-23)20-6-4-19(5-7-20)33-12-9-28-10-13-33/h3,8,11,14-17,19-20,28,37H,4-7,9-10,12-13H2,1-2H3,(H,31,36). The van der Waals surface area contributed by atoms with E-state index in [1.165, 1.54) is 19.0 Å². The van der Waals surface area contributed by atoms with Gasteiger partial charge in [-0.3, -0.25) is 14.4 Å². The summed E-state index contributed by atoms with van der Waals surface area (Å²) in [5.41, 5.74) is 1.68. The lowest BCUT2D eigenvalue weighted by molar-refractivity contribution is 0.0794. The van der Waals surface area contributed by atoms with Crippen molar-refractivity contribution in [2.75, 3.05) is 31.5 Å². The van der Waals surface area contributed by atoms with E-state index in [2.05, 4.69) is 36.5 Å². The maximum atomic E-state index is 13.2. The number of nitrogens with one attached hydrogen (secondary N) is 2. The number of aliphatic hydroxyl groups is 1. The van der Waals surface area contributed by atoms with Crippen LogP contribution in [0.3, 0.4) is 0 Å². The fourth-order valence-electron chi connectivity index (χ4n) is 5.80. The Kier molecular flexibility index (Phi) is 6.18. The molecule has 3 N–H and O–H groups in total. The van der Waals surface area contributed by atoms with Crippen molar-refractivity contribution < 1.29 is 9.90 Å². The Hall–Kier alpha value is -3.34. The lowest BCUT2D eigenvalue weighted by atomic mass is 9.90. The van der Waals surface area contributed by atoms with Crippen LogP contribution in [0.4, 0.5) is 5.69 Å². The molecular formula is C27H34N8O2. The van der Waals surface area contributed by atoms with Crippen molar-refractivity contribution in [3.05, 3.63) is 54.1 Å². The number of carbonyl (C=O) groups excluding carboxylic acids is 1. The van der Waals surface area contributed by atoms with Gasteiger partial charge in [-0.15, -0.1) is 0 Å². The minimum atomic E-state index is -1.17. The van der Waals surface area contributed by atoms with E-state index in [0.717, 1.165) is 49.9 Å². The third kappa shape index (κ3) is 4.72. The first-order valence-electron chi connectivity index (χ1n) is 13.2. The van der Waals surface area contributed by atoms with E-state index < -0.39 is 5.60 Å². The molecule has 3 aromatic heterocycles. The fraction of sp³-hybridized carbons (Fsp3) is 0.481. The van der Waals surface area contributed by atoms with Crippen LogP contribution < -0.4 is 10.6 Å². The predicted molar refractivity (Wildman–Crippen MR) is 142 cm³/mol. The van der Waals surface area contributed by atoms with Gasteiger partial charge in [-0.2, -0.15) is 10.2 Å². The Bertz CT molecular complexity index is 1420. The second-order valence-electron chi connectivity index (χ2n) is 10.8. The Balaban J connectivity index is 1.25. The van der Waals surface area contributed by atoms with Gasteiger partial charge >= 0.3 is 0 Å². The molecule has 0 bridgehead atoms. The molecule has 0 radical (unpaired) electrons. The molecule has 0 spiro atoms. The van der Waals surface area contributed by atoms with E-state index in [0.29, 0.717) is 34.5 Å². The van der Waals surface area contributed by atoms with Crippen molar-refractivity contribution >= 4 is 28.1 Å². The molecule has 10 heteroatoms. The van der Waals surface area contributed by atoms with Crippen LogP contribution in [0.5, 0.6) is 0 Å². The molecule has 1 aliphatic carbocycles.